The Labute approximate surface area is 204 Å². The smallest absolute Gasteiger partial charge is 0.340 e. The maximum Gasteiger partial charge on any atom is 0.340 e. The highest BCUT2D eigenvalue weighted by molar-refractivity contribution is 5.97. The third kappa shape index (κ3) is 3.04. The zero-order chi connectivity index (χ0) is 24.3. The van der Waals surface area contributed by atoms with Crippen molar-refractivity contribution in [1.82, 2.24) is 0 Å². The Morgan fingerprint density at radius 2 is 1.54 bits per heavy atom. The van der Waals surface area contributed by atoms with Crippen molar-refractivity contribution in [2.24, 2.45) is 0 Å². The van der Waals surface area contributed by atoms with E-state index in [0.717, 1.165) is 40.2 Å². The van der Waals surface area contributed by atoms with E-state index >= 15 is 0 Å². The summed E-state index contributed by atoms with van der Waals surface area (Å²) in [5.41, 5.74) is 13.0. The van der Waals surface area contributed by atoms with Crippen molar-refractivity contribution in [3.8, 4) is 11.5 Å². The van der Waals surface area contributed by atoms with Crippen LogP contribution in [0, 0.1) is 13.8 Å². The molecule has 4 aromatic rings. The van der Waals surface area contributed by atoms with Crippen LogP contribution in [0.3, 0.4) is 0 Å². The number of aryl methyl sites for hydroxylation is 2. The molecule has 0 aliphatic carbocycles. The number of carbonyl (C=O) groups is 1. The van der Waals surface area contributed by atoms with Crippen LogP contribution in [-0.2, 0) is 10.3 Å². The van der Waals surface area contributed by atoms with Crippen LogP contribution in [-0.4, -0.2) is 12.5 Å². The highest BCUT2D eigenvalue weighted by atomic mass is 16.6. The fraction of sp³-hybridized carbons (Fsp3) is 0.167. The fourth-order valence-corrected chi connectivity index (χ4v) is 5.23. The normalized spacial score (nSPS) is 17.3. The fourth-order valence-electron chi connectivity index (χ4n) is 5.23. The van der Waals surface area contributed by atoms with Gasteiger partial charge in [0.15, 0.2) is 5.60 Å². The summed E-state index contributed by atoms with van der Waals surface area (Å²) in [4.78, 5) is 15.3. The number of rotatable bonds is 3. The topological polar surface area (TPSA) is 64.8 Å². The van der Waals surface area contributed by atoms with E-state index in [1.165, 1.54) is 5.56 Å². The zero-order valence-corrected chi connectivity index (χ0v) is 20.0. The molecule has 0 saturated heterocycles. The molecule has 5 heteroatoms. The van der Waals surface area contributed by atoms with Crippen LogP contribution in [0.2, 0.25) is 0 Å². The molecule has 0 amide bonds. The molecule has 5 nitrogen and oxygen atoms in total. The van der Waals surface area contributed by atoms with Crippen molar-refractivity contribution in [2.45, 2.75) is 26.4 Å². The molecule has 1 unspecified atom stereocenters. The van der Waals surface area contributed by atoms with E-state index in [9.17, 15) is 4.79 Å². The lowest BCUT2D eigenvalue weighted by molar-refractivity contribution is 0.0224. The Morgan fingerprint density at radius 3 is 2.31 bits per heavy atom. The number of hydrogen-bond donors (Lipinski definition) is 1. The molecule has 0 aromatic heterocycles. The maximum absolute atomic E-state index is 13.0. The van der Waals surface area contributed by atoms with Gasteiger partial charge >= 0.3 is 5.97 Å². The van der Waals surface area contributed by atoms with Gasteiger partial charge in [0, 0.05) is 46.4 Å². The number of anilines is 3. The minimum atomic E-state index is -1.11. The number of fused-ring (bicyclic) bond motifs is 6. The quantitative estimate of drug-likeness (QED) is 0.274. The lowest BCUT2D eigenvalue weighted by atomic mass is 9.77. The van der Waals surface area contributed by atoms with Gasteiger partial charge in [0.2, 0.25) is 0 Å². The summed E-state index contributed by atoms with van der Waals surface area (Å²) >= 11 is 0. The van der Waals surface area contributed by atoms with Gasteiger partial charge in [-0.25, -0.2) is 4.79 Å². The summed E-state index contributed by atoms with van der Waals surface area (Å²) in [7, 11) is 0. The van der Waals surface area contributed by atoms with E-state index in [1.54, 1.807) is 0 Å². The second-order valence-corrected chi connectivity index (χ2v) is 9.18. The summed E-state index contributed by atoms with van der Waals surface area (Å²) in [5, 5.41) is 0. The number of carbonyl (C=O) groups excluding carboxylic acids is 1. The van der Waals surface area contributed by atoms with Gasteiger partial charge in [0.25, 0.3) is 0 Å². The Balaban J connectivity index is 1.58. The van der Waals surface area contributed by atoms with Crippen LogP contribution < -0.4 is 15.4 Å². The Morgan fingerprint density at radius 1 is 0.829 bits per heavy atom. The monoisotopic (exact) mass is 462 g/mol. The lowest BCUT2D eigenvalue weighted by Crippen LogP contribution is -2.33. The van der Waals surface area contributed by atoms with Crippen LogP contribution >= 0.6 is 0 Å². The standard InChI is InChI=1S/C30H26N2O3/c1-4-32(20-11-9-18(2)10-12-20)21-13-14-24-28(16-21)34-27-15-19(3)26(31)17-25(27)30(24)23-8-6-5-7-22(23)29(33)35-30/h5-17H,4,31H2,1-3H3. The molecule has 0 saturated carbocycles. The number of ether oxygens (including phenoxy) is 2. The van der Waals surface area contributed by atoms with Crippen LogP contribution in [0.25, 0.3) is 0 Å². The number of nitrogens with zero attached hydrogens (tertiary/aromatic N) is 1. The molecule has 0 radical (unpaired) electrons. The highest BCUT2D eigenvalue weighted by Crippen LogP contribution is 2.57. The Kier molecular flexibility index (Phi) is 4.65. The molecule has 2 aliphatic rings. The average molecular weight is 463 g/mol. The average Bonchev–Trinajstić information content (AvgIpc) is 3.15. The number of benzene rings is 4. The Bertz CT molecular complexity index is 1490. The second-order valence-electron chi connectivity index (χ2n) is 9.18. The Hall–Kier alpha value is -4.25. The third-order valence-corrected chi connectivity index (χ3v) is 7.06. The summed E-state index contributed by atoms with van der Waals surface area (Å²) in [6.07, 6.45) is 0. The number of nitrogen functional groups attached to an aromatic ring is 1. The van der Waals surface area contributed by atoms with Gasteiger partial charge in [-0.3, -0.25) is 0 Å². The van der Waals surface area contributed by atoms with E-state index in [1.807, 2.05) is 55.5 Å². The van der Waals surface area contributed by atoms with Gasteiger partial charge in [-0.15, -0.1) is 0 Å². The molecule has 2 aliphatic heterocycles. The first kappa shape index (κ1) is 21.3. The van der Waals surface area contributed by atoms with Crippen molar-refractivity contribution in [3.63, 3.8) is 0 Å². The lowest BCUT2D eigenvalue weighted by Gasteiger charge is -2.37. The maximum atomic E-state index is 13.0. The molecule has 1 spiro atoms. The van der Waals surface area contributed by atoms with Crippen molar-refractivity contribution >= 4 is 23.0 Å². The summed E-state index contributed by atoms with van der Waals surface area (Å²) in [5.74, 6) is 0.955. The van der Waals surface area contributed by atoms with E-state index in [0.29, 0.717) is 22.7 Å². The van der Waals surface area contributed by atoms with Crippen molar-refractivity contribution in [1.29, 1.82) is 0 Å². The number of esters is 1. The van der Waals surface area contributed by atoms with E-state index < -0.39 is 5.60 Å². The van der Waals surface area contributed by atoms with Gasteiger partial charge < -0.3 is 20.1 Å². The third-order valence-electron chi connectivity index (χ3n) is 7.06. The highest BCUT2D eigenvalue weighted by Gasteiger charge is 2.53. The number of nitrogens with two attached hydrogens (primary N) is 1. The van der Waals surface area contributed by atoms with Gasteiger partial charge in [-0.1, -0.05) is 35.9 Å². The van der Waals surface area contributed by atoms with Gasteiger partial charge in [-0.05, 0) is 68.8 Å². The molecular weight excluding hydrogens is 436 g/mol. The molecule has 2 N–H and O–H groups in total. The van der Waals surface area contributed by atoms with Crippen LogP contribution in [0.5, 0.6) is 11.5 Å². The van der Waals surface area contributed by atoms with Crippen LogP contribution in [0.1, 0.15) is 45.1 Å². The number of hydrogen-bond acceptors (Lipinski definition) is 5. The van der Waals surface area contributed by atoms with Crippen LogP contribution in [0.4, 0.5) is 17.1 Å². The zero-order valence-electron chi connectivity index (χ0n) is 20.0. The molecule has 0 fully saturated rings. The minimum absolute atomic E-state index is 0.350. The molecule has 2 heterocycles. The SMILES string of the molecule is CCN(c1ccc(C)cc1)c1ccc2c(c1)Oc1cc(C)c(N)cc1C21OC(=O)c2ccccc21. The summed E-state index contributed by atoms with van der Waals surface area (Å²) < 4.78 is 12.7. The van der Waals surface area contributed by atoms with Crippen LogP contribution in [0.15, 0.2) is 78.9 Å². The van der Waals surface area contributed by atoms with Crippen molar-refractivity contribution in [3.05, 3.63) is 112 Å². The summed E-state index contributed by atoms with van der Waals surface area (Å²) in [6, 6.07) is 25.9. The summed E-state index contributed by atoms with van der Waals surface area (Å²) in [6.45, 7) is 6.94. The molecule has 174 valence electrons. The van der Waals surface area contributed by atoms with E-state index in [2.05, 4.69) is 49.1 Å². The van der Waals surface area contributed by atoms with Gasteiger partial charge in [0.05, 0.1) is 5.56 Å². The first-order valence-electron chi connectivity index (χ1n) is 11.8. The molecule has 6 rings (SSSR count). The van der Waals surface area contributed by atoms with Gasteiger partial charge in [-0.2, -0.15) is 0 Å². The minimum Gasteiger partial charge on any atom is -0.456 e. The van der Waals surface area contributed by atoms with Crippen molar-refractivity contribution in [2.75, 3.05) is 17.2 Å². The largest absolute Gasteiger partial charge is 0.456 e. The molecule has 1 atom stereocenters. The van der Waals surface area contributed by atoms with Gasteiger partial charge in [0.1, 0.15) is 11.5 Å². The van der Waals surface area contributed by atoms with E-state index in [4.69, 9.17) is 15.2 Å². The predicted octanol–water partition coefficient (Wildman–Crippen LogP) is 6.61. The van der Waals surface area contributed by atoms with E-state index in [-0.39, 0.29) is 5.97 Å². The molecule has 0 bridgehead atoms. The first-order valence-corrected chi connectivity index (χ1v) is 11.8. The second kappa shape index (κ2) is 7.64. The molecule has 4 aromatic carbocycles. The molecular formula is C30H26N2O3. The predicted molar refractivity (Wildman–Crippen MR) is 138 cm³/mol. The molecule has 35 heavy (non-hydrogen) atoms. The first-order chi connectivity index (χ1) is 16.9. The van der Waals surface area contributed by atoms with Crippen molar-refractivity contribution < 1.29 is 14.3 Å².